The van der Waals surface area contributed by atoms with Crippen LogP contribution in [0.2, 0.25) is 0 Å². The summed E-state index contributed by atoms with van der Waals surface area (Å²) in [5, 5.41) is 12.2. The Labute approximate surface area is 90.8 Å². The van der Waals surface area contributed by atoms with Gasteiger partial charge in [0, 0.05) is 4.91 Å². The second kappa shape index (κ2) is 4.90. The quantitative estimate of drug-likeness (QED) is 0.480. The Morgan fingerprint density at radius 1 is 1.38 bits per heavy atom. The minimum atomic E-state index is -1.21. The van der Waals surface area contributed by atoms with Crippen molar-refractivity contribution in [3.8, 4) is 11.5 Å². The van der Waals surface area contributed by atoms with Crippen molar-refractivity contribution in [3.63, 3.8) is 0 Å². The number of aromatic carboxylic acids is 1. The van der Waals surface area contributed by atoms with Crippen LogP contribution in [-0.2, 0) is 0 Å². The van der Waals surface area contributed by atoms with Crippen LogP contribution >= 0.6 is 0 Å². The minimum Gasteiger partial charge on any atom is -0.493 e. The lowest BCUT2D eigenvalue weighted by molar-refractivity contribution is 0.0697. The highest BCUT2D eigenvalue weighted by atomic mass is 16.5. The van der Waals surface area contributed by atoms with Crippen molar-refractivity contribution in [1.29, 1.82) is 0 Å². The molecule has 0 amide bonds. The predicted octanol–water partition coefficient (Wildman–Crippen LogP) is 2.34. The maximum absolute atomic E-state index is 10.9. The Kier molecular flexibility index (Phi) is 3.58. The molecule has 0 aliphatic carbocycles. The first-order valence-corrected chi connectivity index (χ1v) is 4.18. The number of nitrogens with zero attached hydrogens (tertiary/aromatic N) is 3. The third-order valence-corrected chi connectivity index (χ3v) is 1.88. The van der Waals surface area contributed by atoms with Gasteiger partial charge in [0.25, 0.3) is 0 Å². The summed E-state index contributed by atoms with van der Waals surface area (Å²) in [6.45, 7) is 0. The molecule has 0 aliphatic rings. The van der Waals surface area contributed by atoms with E-state index in [1.165, 1.54) is 26.4 Å². The monoisotopic (exact) mass is 223 g/mol. The Morgan fingerprint density at radius 3 is 2.38 bits per heavy atom. The van der Waals surface area contributed by atoms with Gasteiger partial charge in [0.05, 0.1) is 25.5 Å². The number of hydrogen-bond donors (Lipinski definition) is 1. The Morgan fingerprint density at radius 2 is 1.94 bits per heavy atom. The normalized spacial score (nSPS) is 9.12. The van der Waals surface area contributed by atoms with Gasteiger partial charge in [-0.05, 0) is 17.7 Å². The first-order chi connectivity index (χ1) is 7.63. The lowest BCUT2D eigenvalue weighted by Gasteiger charge is -2.09. The van der Waals surface area contributed by atoms with E-state index in [4.69, 9.17) is 20.1 Å². The van der Waals surface area contributed by atoms with Crippen LogP contribution in [0.3, 0.4) is 0 Å². The second-order valence-electron chi connectivity index (χ2n) is 2.72. The van der Waals surface area contributed by atoms with Crippen LogP contribution in [0.1, 0.15) is 10.4 Å². The van der Waals surface area contributed by atoms with Gasteiger partial charge in [-0.1, -0.05) is 5.11 Å². The van der Waals surface area contributed by atoms with Gasteiger partial charge in [-0.25, -0.2) is 4.79 Å². The number of carboxylic acids is 1. The Balaban J connectivity index is 3.46. The van der Waals surface area contributed by atoms with Crippen LogP contribution in [-0.4, -0.2) is 25.3 Å². The Hall–Kier alpha value is -2.40. The van der Waals surface area contributed by atoms with Crippen molar-refractivity contribution >= 4 is 11.7 Å². The third-order valence-electron chi connectivity index (χ3n) is 1.88. The molecule has 0 aliphatic heterocycles. The van der Waals surface area contributed by atoms with E-state index in [9.17, 15) is 4.79 Å². The number of azide groups is 1. The van der Waals surface area contributed by atoms with E-state index >= 15 is 0 Å². The molecule has 0 fully saturated rings. The van der Waals surface area contributed by atoms with Crippen LogP contribution < -0.4 is 9.47 Å². The maximum atomic E-state index is 10.9. The SMILES string of the molecule is COc1cc(N=[N+]=[N-])c(C(=O)O)cc1OC. The van der Waals surface area contributed by atoms with E-state index in [0.717, 1.165) is 0 Å². The average Bonchev–Trinajstić information content (AvgIpc) is 2.28. The maximum Gasteiger partial charge on any atom is 0.336 e. The molecular formula is C9H9N3O4. The van der Waals surface area contributed by atoms with Gasteiger partial charge in [-0.15, -0.1) is 0 Å². The molecule has 1 rings (SSSR count). The zero-order chi connectivity index (χ0) is 12.1. The highest BCUT2D eigenvalue weighted by molar-refractivity contribution is 5.94. The van der Waals surface area contributed by atoms with E-state index < -0.39 is 5.97 Å². The number of benzene rings is 1. The van der Waals surface area contributed by atoms with Crippen molar-refractivity contribution in [2.75, 3.05) is 14.2 Å². The smallest absolute Gasteiger partial charge is 0.336 e. The summed E-state index contributed by atoms with van der Waals surface area (Å²) < 4.78 is 9.89. The molecule has 0 unspecified atom stereocenters. The van der Waals surface area contributed by atoms with Crippen LogP contribution in [0.5, 0.6) is 11.5 Å². The average molecular weight is 223 g/mol. The molecule has 16 heavy (non-hydrogen) atoms. The fourth-order valence-corrected chi connectivity index (χ4v) is 1.17. The lowest BCUT2D eigenvalue weighted by atomic mass is 10.1. The minimum absolute atomic E-state index is 0.0207. The zero-order valence-electron chi connectivity index (χ0n) is 8.67. The number of carbonyl (C=O) groups is 1. The van der Waals surface area contributed by atoms with Gasteiger partial charge >= 0.3 is 5.97 Å². The van der Waals surface area contributed by atoms with E-state index in [2.05, 4.69) is 10.0 Å². The molecule has 0 bridgehead atoms. The molecular weight excluding hydrogens is 214 g/mol. The van der Waals surface area contributed by atoms with Crippen molar-refractivity contribution in [2.24, 2.45) is 5.11 Å². The van der Waals surface area contributed by atoms with E-state index in [-0.39, 0.29) is 17.0 Å². The molecule has 1 aromatic rings. The zero-order valence-corrected chi connectivity index (χ0v) is 8.67. The van der Waals surface area contributed by atoms with Gasteiger partial charge in [0.1, 0.15) is 0 Å². The van der Waals surface area contributed by atoms with Gasteiger partial charge in [0.15, 0.2) is 11.5 Å². The highest BCUT2D eigenvalue weighted by Gasteiger charge is 2.14. The fraction of sp³-hybridized carbons (Fsp3) is 0.222. The van der Waals surface area contributed by atoms with Crippen LogP contribution in [0.4, 0.5) is 5.69 Å². The molecule has 0 radical (unpaired) electrons. The Bertz CT molecular complexity index is 437. The largest absolute Gasteiger partial charge is 0.493 e. The topological polar surface area (TPSA) is 105 Å². The van der Waals surface area contributed by atoms with Gasteiger partial charge in [-0.3, -0.25) is 0 Å². The second-order valence-corrected chi connectivity index (χ2v) is 2.72. The molecule has 0 atom stereocenters. The number of methoxy groups -OCH3 is 2. The number of rotatable bonds is 4. The van der Waals surface area contributed by atoms with Crippen LogP contribution in [0.15, 0.2) is 17.2 Å². The summed E-state index contributed by atoms with van der Waals surface area (Å²) in [7, 11) is 2.79. The number of ether oxygens (including phenoxy) is 2. The lowest BCUT2D eigenvalue weighted by Crippen LogP contribution is -1.99. The summed E-state index contributed by atoms with van der Waals surface area (Å²) in [5.74, 6) is -0.643. The highest BCUT2D eigenvalue weighted by Crippen LogP contribution is 2.34. The molecule has 1 aromatic carbocycles. The van der Waals surface area contributed by atoms with Crippen molar-refractivity contribution in [2.45, 2.75) is 0 Å². The summed E-state index contributed by atoms with van der Waals surface area (Å²) in [6, 6.07) is 2.55. The van der Waals surface area contributed by atoms with E-state index in [1.54, 1.807) is 0 Å². The molecule has 0 aromatic heterocycles. The van der Waals surface area contributed by atoms with Gasteiger partial charge in [-0.2, -0.15) is 0 Å². The van der Waals surface area contributed by atoms with Gasteiger partial charge in [0.2, 0.25) is 0 Å². The molecule has 7 nitrogen and oxygen atoms in total. The molecule has 1 N–H and O–H groups in total. The first kappa shape index (κ1) is 11.7. The van der Waals surface area contributed by atoms with Crippen molar-refractivity contribution in [1.82, 2.24) is 0 Å². The van der Waals surface area contributed by atoms with Crippen LogP contribution in [0, 0.1) is 0 Å². The molecule has 0 spiro atoms. The van der Waals surface area contributed by atoms with E-state index in [0.29, 0.717) is 5.75 Å². The van der Waals surface area contributed by atoms with Crippen molar-refractivity contribution in [3.05, 3.63) is 28.1 Å². The molecule has 0 saturated heterocycles. The standard InChI is InChI=1S/C9H9N3O4/c1-15-7-3-5(9(13)14)6(11-12-10)4-8(7)16-2/h3-4H,1-2H3,(H,13,14). The fourth-order valence-electron chi connectivity index (χ4n) is 1.17. The third kappa shape index (κ3) is 2.15. The number of carboxylic acid groups (broad SMARTS) is 1. The molecule has 7 heteroatoms. The van der Waals surface area contributed by atoms with Crippen LogP contribution in [0.25, 0.3) is 10.4 Å². The first-order valence-electron chi connectivity index (χ1n) is 4.18. The summed E-state index contributed by atoms with van der Waals surface area (Å²) in [4.78, 5) is 13.4. The summed E-state index contributed by atoms with van der Waals surface area (Å²) >= 11 is 0. The summed E-state index contributed by atoms with van der Waals surface area (Å²) in [5.41, 5.74) is 8.15. The molecule has 0 heterocycles. The van der Waals surface area contributed by atoms with Gasteiger partial charge < -0.3 is 14.6 Å². The van der Waals surface area contributed by atoms with E-state index in [1.807, 2.05) is 0 Å². The number of hydrogen-bond acceptors (Lipinski definition) is 4. The molecule has 84 valence electrons. The predicted molar refractivity (Wildman–Crippen MR) is 55.3 cm³/mol. The molecule has 0 saturated carbocycles. The summed E-state index contributed by atoms with van der Waals surface area (Å²) in [6.07, 6.45) is 0. The van der Waals surface area contributed by atoms with Crippen molar-refractivity contribution < 1.29 is 19.4 Å².